The van der Waals surface area contributed by atoms with Crippen LogP contribution in [0.5, 0.6) is 0 Å². The average molecular weight is 289 g/mol. The zero-order valence-corrected chi connectivity index (χ0v) is 12.4. The van der Waals surface area contributed by atoms with Gasteiger partial charge in [-0.3, -0.25) is 4.79 Å². The number of benzene rings is 2. The van der Waals surface area contributed by atoms with E-state index in [1.165, 1.54) is 11.1 Å². The number of hydrogen-bond donors (Lipinski definition) is 0. The Labute approximate surface area is 131 Å². The van der Waals surface area contributed by atoms with Crippen LogP contribution in [0.3, 0.4) is 0 Å². The molecule has 0 spiro atoms. The largest absolute Gasteiger partial charge is 0.351 e. The van der Waals surface area contributed by atoms with E-state index in [4.69, 9.17) is 0 Å². The molecule has 0 saturated carbocycles. The Bertz CT molecular complexity index is 699. The van der Waals surface area contributed by atoms with Crippen LogP contribution in [0, 0.1) is 0 Å². The number of aromatic nitrogens is 1. The average Bonchev–Trinajstić information content (AvgIpc) is 3.10. The third kappa shape index (κ3) is 3.53. The highest BCUT2D eigenvalue weighted by Crippen LogP contribution is 2.20. The van der Waals surface area contributed by atoms with Crippen molar-refractivity contribution in [2.45, 2.75) is 18.9 Å². The summed E-state index contributed by atoms with van der Waals surface area (Å²) >= 11 is 0. The van der Waals surface area contributed by atoms with Crippen molar-refractivity contribution in [2.24, 2.45) is 0 Å². The highest BCUT2D eigenvalue weighted by molar-refractivity contribution is 5.74. The van der Waals surface area contributed by atoms with Crippen LogP contribution in [0.15, 0.2) is 79.1 Å². The van der Waals surface area contributed by atoms with Gasteiger partial charge in [-0.05, 0) is 36.1 Å². The second kappa shape index (κ2) is 6.90. The lowest BCUT2D eigenvalue weighted by molar-refractivity contribution is 0.112. The number of carbonyl (C=O) groups is 1. The van der Waals surface area contributed by atoms with Gasteiger partial charge >= 0.3 is 0 Å². The van der Waals surface area contributed by atoms with Gasteiger partial charge < -0.3 is 4.57 Å². The summed E-state index contributed by atoms with van der Waals surface area (Å²) in [5.74, 6) is 0. The molecule has 1 aromatic heterocycles. The number of hydrogen-bond acceptors (Lipinski definition) is 1. The van der Waals surface area contributed by atoms with Crippen molar-refractivity contribution in [1.82, 2.24) is 4.57 Å². The Hall–Kier alpha value is -2.61. The van der Waals surface area contributed by atoms with Crippen LogP contribution in [-0.4, -0.2) is 10.9 Å². The molecular weight excluding hydrogens is 270 g/mol. The summed E-state index contributed by atoms with van der Waals surface area (Å²) < 4.78 is 2.26. The molecule has 0 aliphatic carbocycles. The van der Waals surface area contributed by atoms with Gasteiger partial charge in [0.25, 0.3) is 0 Å². The van der Waals surface area contributed by atoms with Gasteiger partial charge in [-0.2, -0.15) is 0 Å². The fourth-order valence-electron chi connectivity index (χ4n) is 2.76. The second-order valence-corrected chi connectivity index (χ2v) is 5.54. The SMILES string of the molecule is O=Cc1ccc(C[C@H](Cc2ccccc2)n2cccc2)cc1. The van der Waals surface area contributed by atoms with E-state index in [9.17, 15) is 4.79 Å². The Kier molecular flexibility index (Phi) is 4.50. The van der Waals surface area contributed by atoms with E-state index in [1.54, 1.807) is 0 Å². The lowest BCUT2D eigenvalue weighted by Crippen LogP contribution is -2.13. The number of nitrogens with zero attached hydrogens (tertiary/aromatic N) is 1. The first kappa shape index (κ1) is 14.3. The summed E-state index contributed by atoms with van der Waals surface area (Å²) in [4.78, 5) is 10.8. The fraction of sp³-hybridized carbons (Fsp3) is 0.150. The molecule has 110 valence electrons. The van der Waals surface area contributed by atoms with Crippen molar-refractivity contribution in [2.75, 3.05) is 0 Å². The Morgan fingerprint density at radius 2 is 1.36 bits per heavy atom. The van der Waals surface area contributed by atoms with Crippen LogP contribution >= 0.6 is 0 Å². The van der Waals surface area contributed by atoms with Gasteiger partial charge in [-0.15, -0.1) is 0 Å². The molecule has 22 heavy (non-hydrogen) atoms. The van der Waals surface area contributed by atoms with Crippen molar-refractivity contribution < 1.29 is 4.79 Å². The minimum atomic E-state index is 0.375. The summed E-state index contributed by atoms with van der Waals surface area (Å²) in [6.45, 7) is 0. The van der Waals surface area contributed by atoms with Crippen molar-refractivity contribution in [3.8, 4) is 0 Å². The van der Waals surface area contributed by atoms with E-state index in [1.807, 2.05) is 30.3 Å². The first-order chi connectivity index (χ1) is 10.8. The first-order valence-corrected chi connectivity index (χ1v) is 7.55. The van der Waals surface area contributed by atoms with Crippen LogP contribution < -0.4 is 0 Å². The zero-order chi connectivity index (χ0) is 15.2. The first-order valence-electron chi connectivity index (χ1n) is 7.55. The van der Waals surface area contributed by atoms with Gasteiger partial charge in [0.05, 0.1) is 0 Å². The van der Waals surface area contributed by atoms with Crippen LogP contribution in [0.25, 0.3) is 0 Å². The van der Waals surface area contributed by atoms with Crippen LogP contribution in [0.4, 0.5) is 0 Å². The summed E-state index contributed by atoms with van der Waals surface area (Å²) in [5.41, 5.74) is 3.32. The maximum Gasteiger partial charge on any atom is 0.150 e. The smallest absolute Gasteiger partial charge is 0.150 e. The second-order valence-electron chi connectivity index (χ2n) is 5.54. The fourth-order valence-corrected chi connectivity index (χ4v) is 2.76. The highest BCUT2D eigenvalue weighted by atomic mass is 16.1. The summed E-state index contributed by atoms with van der Waals surface area (Å²) in [7, 11) is 0. The van der Waals surface area contributed by atoms with Crippen molar-refractivity contribution in [3.05, 3.63) is 95.8 Å². The van der Waals surface area contributed by atoms with E-state index in [-0.39, 0.29) is 0 Å². The third-order valence-electron chi connectivity index (χ3n) is 3.95. The predicted octanol–water partition coefficient (Wildman–Crippen LogP) is 4.33. The Morgan fingerprint density at radius 1 is 0.773 bits per heavy atom. The lowest BCUT2D eigenvalue weighted by Gasteiger charge is -2.19. The van der Waals surface area contributed by atoms with Gasteiger partial charge in [0.2, 0.25) is 0 Å². The predicted molar refractivity (Wildman–Crippen MR) is 89.1 cm³/mol. The van der Waals surface area contributed by atoms with Gasteiger partial charge in [-0.1, -0.05) is 54.6 Å². The van der Waals surface area contributed by atoms with Crippen molar-refractivity contribution >= 4 is 6.29 Å². The molecule has 0 aliphatic heterocycles. The summed E-state index contributed by atoms with van der Waals surface area (Å²) in [6.07, 6.45) is 7.06. The number of aldehydes is 1. The molecule has 0 amide bonds. The van der Waals surface area contributed by atoms with Crippen LogP contribution in [-0.2, 0) is 12.8 Å². The summed E-state index contributed by atoms with van der Waals surface area (Å²) in [5, 5.41) is 0. The minimum absolute atomic E-state index is 0.375. The lowest BCUT2D eigenvalue weighted by atomic mass is 9.98. The molecule has 2 heteroatoms. The Morgan fingerprint density at radius 3 is 1.95 bits per heavy atom. The standard InChI is InChI=1S/C20H19NO/c22-16-19-10-8-18(9-11-19)15-20(21-12-4-5-13-21)14-17-6-2-1-3-7-17/h1-13,16,20H,14-15H2/t20-/m0/s1. The van der Waals surface area contributed by atoms with Gasteiger partial charge in [0.1, 0.15) is 6.29 Å². The molecule has 1 atom stereocenters. The molecule has 2 aromatic carbocycles. The number of carbonyl (C=O) groups excluding carboxylic acids is 1. The molecule has 0 radical (unpaired) electrons. The van der Waals surface area contributed by atoms with E-state index in [0.717, 1.165) is 24.7 Å². The van der Waals surface area contributed by atoms with Crippen molar-refractivity contribution in [3.63, 3.8) is 0 Å². The molecule has 1 heterocycles. The topological polar surface area (TPSA) is 22.0 Å². The maximum absolute atomic E-state index is 10.8. The molecule has 0 unspecified atom stereocenters. The minimum Gasteiger partial charge on any atom is -0.351 e. The Balaban J connectivity index is 1.80. The van der Waals surface area contributed by atoms with E-state index in [2.05, 4.69) is 53.4 Å². The van der Waals surface area contributed by atoms with Crippen molar-refractivity contribution in [1.29, 1.82) is 0 Å². The van der Waals surface area contributed by atoms with Gasteiger partial charge in [0, 0.05) is 24.0 Å². The van der Waals surface area contributed by atoms with E-state index >= 15 is 0 Å². The molecule has 0 bridgehead atoms. The van der Waals surface area contributed by atoms with E-state index in [0.29, 0.717) is 6.04 Å². The number of rotatable bonds is 6. The quantitative estimate of drug-likeness (QED) is 0.619. The molecular formula is C20H19NO. The molecule has 0 N–H and O–H groups in total. The molecule has 0 saturated heterocycles. The van der Waals surface area contributed by atoms with Gasteiger partial charge in [-0.25, -0.2) is 0 Å². The molecule has 3 aromatic rings. The molecule has 3 rings (SSSR count). The van der Waals surface area contributed by atoms with Crippen LogP contribution in [0.2, 0.25) is 0 Å². The zero-order valence-electron chi connectivity index (χ0n) is 12.4. The highest BCUT2D eigenvalue weighted by Gasteiger charge is 2.12. The normalized spacial score (nSPS) is 12.0. The van der Waals surface area contributed by atoms with E-state index < -0.39 is 0 Å². The summed E-state index contributed by atoms with van der Waals surface area (Å²) in [6, 6.07) is 22.9. The molecule has 0 aliphatic rings. The maximum atomic E-state index is 10.8. The monoisotopic (exact) mass is 289 g/mol. The third-order valence-corrected chi connectivity index (χ3v) is 3.95. The van der Waals surface area contributed by atoms with Gasteiger partial charge in [0.15, 0.2) is 0 Å². The van der Waals surface area contributed by atoms with Crippen LogP contribution in [0.1, 0.15) is 27.5 Å². The molecule has 2 nitrogen and oxygen atoms in total. The molecule has 0 fully saturated rings.